The van der Waals surface area contributed by atoms with Crippen molar-refractivity contribution in [1.82, 2.24) is 0 Å². The molecule has 0 aromatic heterocycles. The summed E-state index contributed by atoms with van der Waals surface area (Å²) in [6.07, 6.45) is 19.2. The van der Waals surface area contributed by atoms with Crippen molar-refractivity contribution in [2.24, 2.45) is 5.73 Å². The largest absolute Gasteiger partial charge is 0.480 e. The van der Waals surface area contributed by atoms with Gasteiger partial charge in [0.15, 0.2) is 6.10 Å². The minimum Gasteiger partial charge on any atom is -0.480 e. The molecule has 0 aromatic rings. The third-order valence-corrected chi connectivity index (χ3v) is 9.25. The van der Waals surface area contributed by atoms with Crippen LogP contribution in [0.25, 0.3) is 0 Å². The molecular weight excluding hydrogens is 673 g/mol. The molecule has 300 valence electrons. The number of carboxylic acids is 1. The van der Waals surface area contributed by atoms with Crippen LogP contribution in [-0.4, -0.2) is 59.9 Å². The SMILES string of the molecule is [2H]C([2H])([2H])C([2H])([2H])C([2H])([2H])CCCCC/C=C\CCCCCCCC(=O)O[C@H](COC(=O)CCCCCCCCCCCCCC)COP(=O)(O)OC[C@H](N)C(=O)O. The first-order valence-corrected chi connectivity index (χ1v) is 20.9. The van der Waals surface area contributed by atoms with Crippen LogP contribution in [-0.2, 0) is 37.5 Å². The van der Waals surface area contributed by atoms with Gasteiger partial charge in [-0.1, -0.05) is 148 Å². The van der Waals surface area contributed by atoms with Gasteiger partial charge >= 0.3 is 25.7 Å². The van der Waals surface area contributed by atoms with E-state index < -0.39 is 77.3 Å². The predicted molar refractivity (Wildman–Crippen MR) is 203 cm³/mol. The van der Waals surface area contributed by atoms with Gasteiger partial charge in [0, 0.05) is 22.4 Å². The number of carbonyl (C=O) groups is 3. The predicted octanol–water partition coefficient (Wildman–Crippen LogP) is 10.1. The Morgan fingerprint density at radius 3 is 1.71 bits per heavy atom. The van der Waals surface area contributed by atoms with Crippen LogP contribution in [0.2, 0.25) is 0 Å². The van der Waals surface area contributed by atoms with Gasteiger partial charge in [-0.3, -0.25) is 23.4 Å². The molecule has 4 N–H and O–H groups in total. The Morgan fingerprint density at radius 1 is 0.706 bits per heavy atom. The second kappa shape index (κ2) is 35.3. The molecule has 0 aliphatic carbocycles. The van der Waals surface area contributed by atoms with E-state index in [0.717, 1.165) is 64.2 Å². The van der Waals surface area contributed by atoms with Crippen molar-refractivity contribution in [1.29, 1.82) is 0 Å². The van der Waals surface area contributed by atoms with Crippen LogP contribution in [0.1, 0.15) is 197 Å². The number of carbonyl (C=O) groups excluding carboxylic acids is 2. The zero-order valence-corrected chi connectivity index (χ0v) is 32.2. The topological polar surface area (TPSA) is 172 Å². The molecule has 0 radical (unpaired) electrons. The van der Waals surface area contributed by atoms with Gasteiger partial charge in [0.2, 0.25) is 0 Å². The molecule has 0 heterocycles. The van der Waals surface area contributed by atoms with Gasteiger partial charge in [0.25, 0.3) is 0 Å². The number of ether oxygens (including phenoxy) is 2. The first-order valence-electron chi connectivity index (χ1n) is 22.9. The number of hydrogen-bond donors (Lipinski definition) is 3. The minimum absolute atomic E-state index is 0.0757. The molecule has 0 fully saturated rings. The number of nitrogens with two attached hydrogens (primary N) is 1. The number of hydrogen-bond acceptors (Lipinski definition) is 9. The lowest BCUT2D eigenvalue weighted by atomic mass is 10.0. The summed E-state index contributed by atoms with van der Waals surface area (Å²) in [6.45, 7) is -2.63. The van der Waals surface area contributed by atoms with Crippen LogP contribution in [0, 0.1) is 0 Å². The number of esters is 2. The van der Waals surface area contributed by atoms with Gasteiger partial charge in [-0.2, -0.15) is 0 Å². The summed E-state index contributed by atoms with van der Waals surface area (Å²) in [6, 6.07) is -1.55. The average Bonchev–Trinajstić information content (AvgIpc) is 3.14. The highest BCUT2D eigenvalue weighted by atomic mass is 31.2. The molecule has 0 amide bonds. The van der Waals surface area contributed by atoms with E-state index in [2.05, 4.69) is 23.6 Å². The van der Waals surface area contributed by atoms with Crippen LogP contribution in [0.3, 0.4) is 0 Å². The van der Waals surface area contributed by atoms with Crippen LogP contribution >= 0.6 is 7.82 Å². The van der Waals surface area contributed by atoms with Gasteiger partial charge in [-0.25, -0.2) is 4.57 Å². The lowest BCUT2D eigenvalue weighted by molar-refractivity contribution is -0.161. The minimum atomic E-state index is -4.76. The van der Waals surface area contributed by atoms with E-state index in [1.165, 1.54) is 51.4 Å². The highest BCUT2D eigenvalue weighted by molar-refractivity contribution is 7.47. The summed E-state index contributed by atoms with van der Waals surface area (Å²) in [5.41, 5.74) is 5.31. The van der Waals surface area contributed by atoms with Crippen LogP contribution in [0.5, 0.6) is 0 Å². The van der Waals surface area contributed by atoms with Crippen molar-refractivity contribution in [3.8, 4) is 0 Å². The first-order chi connectivity index (χ1) is 27.3. The van der Waals surface area contributed by atoms with Crippen molar-refractivity contribution in [3.05, 3.63) is 12.2 Å². The second-order valence-corrected chi connectivity index (χ2v) is 14.6. The number of phosphoric acid groups is 1. The van der Waals surface area contributed by atoms with Crippen LogP contribution in [0.15, 0.2) is 12.2 Å². The number of unbranched alkanes of at least 4 members (excludes halogenated alkanes) is 19. The molecule has 0 saturated carbocycles. The van der Waals surface area contributed by atoms with Crippen LogP contribution < -0.4 is 5.73 Å². The standard InChI is InChI=1S/C39H74NO10P/c1-3-5-7-9-11-13-15-17-18-19-21-23-25-27-29-31-38(42)50-35(33-48-51(45,46)49-34-36(40)39(43)44)32-47-37(41)30-28-26-24-22-20-16-14-12-10-8-6-4-2/h17-18,35-36H,3-16,19-34,40H2,1-2H3,(H,43,44)(H,45,46)/b18-17-/t35-,36+/m1/s1/i1D3,3D2,5D2. The summed E-state index contributed by atoms with van der Waals surface area (Å²) >= 11 is 0. The van der Waals surface area contributed by atoms with Gasteiger partial charge in [0.05, 0.1) is 13.2 Å². The fraction of sp³-hybridized carbons (Fsp3) is 0.872. The summed E-state index contributed by atoms with van der Waals surface area (Å²) in [7, 11) is -4.76. The maximum absolute atomic E-state index is 12.6. The van der Waals surface area contributed by atoms with Gasteiger partial charge in [-0.05, 0) is 38.5 Å². The van der Waals surface area contributed by atoms with E-state index in [-0.39, 0.29) is 19.3 Å². The van der Waals surface area contributed by atoms with E-state index in [1.54, 1.807) is 0 Å². The molecule has 11 nitrogen and oxygen atoms in total. The summed E-state index contributed by atoms with van der Waals surface area (Å²) < 4.78 is 85.4. The summed E-state index contributed by atoms with van der Waals surface area (Å²) in [5, 5.41) is 8.87. The Hall–Kier alpha value is -1.78. The highest BCUT2D eigenvalue weighted by Crippen LogP contribution is 2.43. The first kappa shape index (κ1) is 37.5. The molecule has 1 unspecified atom stereocenters. The lowest BCUT2D eigenvalue weighted by Gasteiger charge is -2.20. The Balaban J connectivity index is 4.46. The number of aliphatic carboxylic acids is 1. The van der Waals surface area contributed by atoms with E-state index >= 15 is 0 Å². The van der Waals surface area contributed by atoms with E-state index in [1.807, 2.05) is 0 Å². The zero-order chi connectivity index (χ0) is 43.9. The fourth-order valence-corrected chi connectivity index (χ4v) is 5.98. The Kier molecular flexibility index (Phi) is 25.9. The van der Waals surface area contributed by atoms with Crippen LogP contribution in [0.4, 0.5) is 0 Å². The maximum atomic E-state index is 12.6. The molecule has 51 heavy (non-hydrogen) atoms. The van der Waals surface area contributed by atoms with Gasteiger partial charge in [-0.15, -0.1) is 0 Å². The Labute approximate surface area is 319 Å². The quantitative estimate of drug-likeness (QED) is 0.0237. The van der Waals surface area contributed by atoms with Crippen molar-refractivity contribution >= 4 is 25.7 Å². The van der Waals surface area contributed by atoms with Gasteiger partial charge in [0.1, 0.15) is 12.6 Å². The molecule has 0 aromatic carbocycles. The lowest BCUT2D eigenvalue weighted by Crippen LogP contribution is -2.34. The third-order valence-electron chi connectivity index (χ3n) is 8.30. The van der Waals surface area contributed by atoms with Crippen molar-refractivity contribution in [3.63, 3.8) is 0 Å². The highest BCUT2D eigenvalue weighted by Gasteiger charge is 2.28. The average molecular weight is 755 g/mol. The smallest absolute Gasteiger partial charge is 0.472 e. The molecule has 3 atom stereocenters. The van der Waals surface area contributed by atoms with Crippen molar-refractivity contribution in [2.45, 2.75) is 199 Å². The molecule has 0 bridgehead atoms. The Morgan fingerprint density at radius 2 is 1.18 bits per heavy atom. The normalized spacial score (nSPS) is 16.8. The zero-order valence-electron chi connectivity index (χ0n) is 38.3. The van der Waals surface area contributed by atoms with Crippen molar-refractivity contribution < 1.29 is 57.1 Å². The molecular formula is C39H74NO10P. The fourth-order valence-electron chi connectivity index (χ4n) is 5.20. The van der Waals surface area contributed by atoms with Crippen molar-refractivity contribution in [2.75, 3.05) is 19.8 Å². The summed E-state index contributed by atoms with van der Waals surface area (Å²) in [4.78, 5) is 45.9. The monoisotopic (exact) mass is 755 g/mol. The van der Waals surface area contributed by atoms with Gasteiger partial charge < -0.3 is 25.2 Å². The number of phosphoric ester groups is 1. The second-order valence-electron chi connectivity index (χ2n) is 13.1. The molecule has 0 aliphatic rings. The number of rotatable bonds is 38. The van der Waals surface area contributed by atoms with E-state index in [9.17, 15) is 23.8 Å². The van der Waals surface area contributed by atoms with E-state index in [4.69, 9.17) is 34.4 Å². The molecule has 0 saturated heterocycles. The molecule has 0 aliphatic heterocycles. The summed E-state index contributed by atoms with van der Waals surface area (Å²) in [5.74, 6) is -2.52. The molecule has 0 rings (SSSR count). The Bertz CT molecular complexity index is 1190. The number of allylic oxidation sites excluding steroid dienone is 2. The molecule has 0 spiro atoms. The third kappa shape index (κ3) is 35.0. The van der Waals surface area contributed by atoms with E-state index in [0.29, 0.717) is 25.7 Å². The molecule has 12 heteroatoms. The maximum Gasteiger partial charge on any atom is 0.472 e. The number of carboxylic acid groups (broad SMARTS) is 1.